The molecule has 120 valence electrons. The van der Waals surface area contributed by atoms with Gasteiger partial charge in [0.1, 0.15) is 4.90 Å². The molecule has 2 aliphatic rings. The zero-order valence-corrected chi connectivity index (χ0v) is 13.1. The Morgan fingerprint density at radius 2 is 1.57 bits per heavy atom. The van der Waals surface area contributed by atoms with Gasteiger partial charge in [0.2, 0.25) is 11.8 Å². The molecule has 4 rings (SSSR count). The van der Waals surface area contributed by atoms with E-state index in [-0.39, 0.29) is 28.5 Å². The molecule has 2 unspecified atom stereocenters. The Hall–Kier alpha value is -2.41. The summed E-state index contributed by atoms with van der Waals surface area (Å²) in [5, 5.41) is 20.6. The minimum atomic E-state index is -4.15. The maximum Gasteiger partial charge on any atom is 0.357 e. The first-order valence-electron chi connectivity index (χ1n) is 7.25. The molecule has 1 heterocycles. The highest BCUT2D eigenvalue weighted by atomic mass is 32.2. The van der Waals surface area contributed by atoms with Crippen molar-refractivity contribution in [1.82, 2.24) is 4.73 Å². The van der Waals surface area contributed by atoms with Crippen molar-refractivity contribution in [1.29, 1.82) is 0 Å². The zero-order chi connectivity index (χ0) is 16.4. The molecular weight excluding hydrogens is 318 g/mol. The maximum atomic E-state index is 12.3. The van der Waals surface area contributed by atoms with E-state index in [0.29, 0.717) is 15.9 Å². The third-order valence-corrected chi connectivity index (χ3v) is 5.66. The van der Waals surface area contributed by atoms with E-state index < -0.39 is 10.1 Å². The van der Waals surface area contributed by atoms with Crippen LogP contribution in [0.3, 0.4) is 0 Å². The van der Waals surface area contributed by atoms with Crippen LogP contribution in [0.1, 0.15) is 34.9 Å². The van der Waals surface area contributed by atoms with Crippen molar-refractivity contribution in [3.63, 3.8) is 0 Å². The molecule has 2 bridgehead atoms. The fourth-order valence-corrected chi connectivity index (χ4v) is 4.23. The largest absolute Gasteiger partial charge is 0.492 e. The van der Waals surface area contributed by atoms with E-state index in [9.17, 15) is 18.6 Å². The smallest absolute Gasteiger partial charge is 0.357 e. The molecular formula is C16H15NO5S. The summed E-state index contributed by atoms with van der Waals surface area (Å²) in [5.41, 5.74) is 2.01. The van der Waals surface area contributed by atoms with Crippen molar-refractivity contribution in [3.05, 3.63) is 53.1 Å². The van der Waals surface area contributed by atoms with Gasteiger partial charge in [-0.25, -0.2) is 0 Å². The van der Waals surface area contributed by atoms with E-state index >= 15 is 0 Å². The first-order chi connectivity index (χ1) is 10.9. The molecule has 0 saturated heterocycles. The van der Waals surface area contributed by atoms with E-state index in [4.69, 9.17) is 4.28 Å². The average molecular weight is 333 g/mol. The average Bonchev–Trinajstić information content (AvgIpc) is 3.17. The fraction of sp³-hybridized carbons (Fsp3) is 0.250. The van der Waals surface area contributed by atoms with Crippen LogP contribution in [0.5, 0.6) is 11.8 Å². The third-order valence-electron chi connectivity index (χ3n) is 4.46. The van der Waals surface area contributed by atoms with Crippen molar-refractivity contribution >= 4 is 10.1 Å². The highest BCUT2D eigenvalue weighted by Gasteiger charge is 2.42. The minimum absolute atomic E-state index is 0.00664. The van der Waals surface area contributed by atoms with Gasteiger partial charge in [-0.1, -0.05) is 34.6 Å². The lowest BCUT2D eigenvalue weighted by Crippen LogP contribution is -2.20. The summed E-state index contributed by atoms with van der Waals surface area (Å²) < 4.78 is 30.3. The lowest BCUT2D eigenvalue weighted by atomic mass is 10.0. The summed E-state index contributed by atoms with van der Waals surface area (Å²) in [6, 6.07) is 6.13. The van der Waals surface area contributed by atoms with Crippen LogP contribution in [0.4, 0.5) is 0 Å². The number of hydrogen-bond acceptors (Lipinski definition) is 5. The van der Waals surface area contributed by atoms with Gasteiger partial charge in [-0.05, 0) is 25.5 Å². The Bertz CT molecular complexity index is 889. The van der Waals surface area contributed by atoms with E-state index in [1.807, 2.05) is 19.1 Å². The normalized spacial score (nSPS) is 21.6. The van der Waals surface area contributed by atoms with Crippen molar-refractivity contribution in [3.8, 4) is 11.8 Å². The molecule has 7 heteroatoms. The number of aromatic nitrogens is 1. The molecule has 1 aromatic carbocycles. The maximum absolute atomic E-state index is 12.3. The van der Waals surface area contributed by atoms with Crippen molar-refractivity contribution in [2.24, 2.45) is 0 Å². The molecule has 0 fully saturated rings. The Kier molecular flexibility index (Phi) is 2.81. The summed E-state index contributed by atoms with van der Waals surface area (Å²) in [6.45, 7) is 1.84. The van der Waals surface area contributed by atoms with Crippen molar-refractivity contribution in [2.75, 3.05) is 0 Å². The topological polar surface area (TPSA) is 88.8 Å². The van der Waals surface area contributed by atoms with E-state index in [1.54, 1.807) is 12.1 Å². The number of nitrogens with zero attached hydrogens (tertiary/aromatic N) is 1. The molecule has 0 radical (unpaired) electrons. The molecule has 0 amide bonds. The highest BCUT2D eigenvalue weighted by molar-refractivity contribution is 7.87. The van der Waals surface area contributed by atoms with Gasteiger partial charge in [0.15, 0.2) is 0 Å². The van der Waals surface area contributed by atoms with Crippen LogP contribution >= 0.6 is 0 Å². The predicted octanol–water partition coefficient (Wildman–Crippen LogP) is 2.17. The van der Waals surface area contributed by atoms with Crippen LogP contribution in [0.25, 0.3) is 0 Å². The number of fused-ring (bicyclic) bond motifs is 5. The second-order valence-electron chi connectivity index (χ2n) is 5.94. The fourth-order valence-electron chi connectivity index (χ4n) is 3.33. The summed E-state index contributed by atoms with van der Waals surface area (Å²) in [7, 11) is -4.15. The molecule has 6 nitrogen and oxygen atoms in total. The Balaban J connectivity index is 1.75. The van der Waals surface area contributed by atoms with Crippen LogP contribution in [0.2, 0.25) is 0 Å². The molecule has 0 aliphatic heterocycles. The van der Waals surface area contributed by atoms with Crippen LogP contribution in [-0.2, 0) is 10.1 Å². The Morgan fingerprint density at radius 3 is 2.09 bits per heavy atom. The van der Waals surface area contributed by atoms with Crippen LogP contribution in [0.15, 0.2) is 41.3 Å². The summed E-state index contributed by atoms with van der Waals surface area (Å²) in [5.74, 6) is -0.726. The lowest BCUT2D eigenvalue weighted by Gasteiger charge is -2.11. The molecule has 2 N–H and O–H groups in total. The Morgan fingerprint density at radius 1 is 1.04 bits per heavy atom. The number of aromatic hydroxyl groups is 2. The number of allylic oxidation sites excluding steroid dienone is 2. The number of rotatable bonds is 3. The standard InChI is InChI=1S/C16H15NO5S/c1-9-2-6-12(7-3-9)23(20,21)22-17-15(18)13-10-4-5-11(8-10)14(13)16(17)19/h2-7,10-11,18-19H,8H2,1H3. The molecule has 23 heavy (non-hydrogen) atoms. The van der Waals surface area contributed by atoms with Crippen LogP contribution in [-0.4, -0.2) is 23.4 Å². The van der Waals surface area contributed by atoms with Crippen molar-refractivity contribution < 1.29 is 22.9 Å². The summed E-state index contributed by atoms with van der Waals surface area (Å²) in [4.78, 5) is -0.0446. The van der Waals surface area contributed by atoms with Crippen LogP contribution < -0.4 is 4.28 Å². The Labute approximate surface area is 133 Å². The minimum Gasteiger partial charge on any atom is -0.492 e. The molecule has 2 atom stereocenters. The summed E-state index contributed by atoms with van der Waals surface area (Å²) >= 11 is 0. The number of benzene rings is 1. The monoisotopic (exact) mass is 333 g/mol. The molecule has 0 saturated carbocycles. The zero-order valence-electron chi connectivity index (χ0n) is 12.3. The number of aryl methyl sites for hydroxylation is 1. The van der Waals surface area contributed by atoms with E-state index in [2.05, 4.69) is 0 Å². The second-order valence-corrected chi connectivity index (χ2v) is 7.47. The SMILES string of the molecule is Cc1ccc(S(=O)(=O)On2c(O)c3c(c2O)C2C=CC3C2)cc1. The van der Waals surface area contributed by atoms with Gasteiger partial charge in [0, 0.05) is 23.0 Å². The van der Waals surface area contributed by atoms with Gasteiger partial charge < -0.3 is 10.2 Å². The quantitative estimate of drug-likeness (QED) is 0.840. The van der Waals surface area contributed by atoms with Gasteiger partial charge in [0.05, 0.1) is 0 Å². The molecule has 0 spiro atoms. The van der Waals surface area contributed by atoms with Gasteiger partial charge >= 0.3 is 10.1 Å². The summed E-state index contributed by atoms with van der Waals surface area (Å²) in [6.07, 6.45) is 4.69. The van der Waals surface area contributed by atoms with Gasteiger partial charge in [0.25, 0.3) is 0 Å². The van der Waals surface area contributed by atoms with E-state index in [1.165, 1.54) is 12.1 Å². The predicted molar refractivity (Wildman–Crippen MR) is 81.9 cm³/mol. The first kappa shape index (κ1) is 14.2. The van der Waals surface area contributed by atoms with Crippen LogP contribution in [0, 0.1) is 6.92 Å². The molecule has 1 aromatic heterocycles. The highest BCUT2D eigenvalue weighted by Crippen LogP contribution is 2.56. The molecule has 2 aliphatic carbocycles. The lowest BCUT2D eigenvalue weighted by molar-refractivity contribution is 0.200. The third kappa shape index (κ3) is 1.96. The number of hydrogen-bond donors (Lipinski definition) is 2. The molecule has 2 aromatic rings. The van der Waals surface area contributed by atoms with Crippen molar-refractivity contribution in [2.45, 2.75) is 30.1 Å². The second kappa shape index (κ2) is 4.55. The first-order valence-corrected chi connectivity index (χ1v) is 8.65. The van der Waals surface area contributed by atoms with Gasteiger partial charge in [-0.2, -0.15) is 8.42 Å². The van der Waals surface area contributed by atoms with E-state index in [0.717, 1.165) is 12.0 Å². The van der Waals surface area contributed by atoms with Gasteiger partial charge in [-0.15, -0.1) is 0 Å². The van der Waals surface area contributed by atoms with Gasteiger partial charge in [-0.3, -0.25) is 4.28 Å².